The van der Waals surface area contributed by atoms with Gasteiger partial charge in [0.15, 0.2) is 0 Å². The predicted molar refractivity (Wildman–Crippen MR) is 75.1 cm³/mol. The van der Waals surface area contributed by atoms with Crippen LogP contribution in [0.3, 0.4) is 0 Å². The molecule has 108 valence electrons. The van der Waals surface area contributed by atoms with Gasteiger partial charge in [0.2, 0.25) is 0 Å². The van der Waals surface area contributed by atoms with Gasteiger partial charge >= 0.3 is 0 Å². The molecule has 4 heteroatoms. The summed E-state index contributed by atoms with van der Waals surface area (Å²) in [5, 5.41) is 3.48. The fourth-order valence-electron chi connectivity index (χ4n) is 2.45. The quantitative estimate of drug-likeness (QED) is 0.570. The van der Waals surface area contributed by atoms with E-state index in [1.807, 2.05) is 0 Å². The first kappa shape index (κ1) is 15.9. The maximum atomic E-state index is 5.41. The van der Waals surface area contributed by atoms with Gasteiger partial charge in [0.1, 0.15) is 0 Å². The summed E-state index contributed by atoms with van der Waals surface area (Å²) in [6.45, 7) is 5.53. The number of hydrogen-bond acceptors (Lipinski definition) is 4. The third kappa shape index (κ3) is 7.31. The Labute approximate surface area is 112 Å². The van der Waals surface area contributed by atoms with Crippen LogP contribution in [0.4, 0.5) is 0 Å². The number of ether oxygens (including phenoxy) is 2. The summed E-state index contributed by atoms with van der Waals surface area (Å²) in [4.78, 5) is 2.51. The zero-order valence-corrected chi connectivity index (χ0v) is 12.1. The first-order valence-corrected chi connectivity index (χ1v) is 7.32. The summed E-state index contributed by atoms with van der Waals surface area (Å²) in [7, 11) is 3.96. The largest absolute Gasteiger partial charge is 0.382 e. The molecular weight excluding hydrogens is 228 g/mol. The van der Waals surface area contributed by atoms with Gasteiger partial charge in [0.05, 0.1) is 13.2 Å². The molecule has 0 heterocycles. The molecule has 0 unspecified atom stereocenters. The van der Waals surface area contributed by atoms with Crippen LogP contribution in [0.2, 0.25) is 0 Å². The molecule has 0 aromatic heterocycles. The highest BCUT2D eigenvalue weighted by molar-refractivity contribution is 4.75. The van der Waals surface area contributed by atoms with Crippen LogP contribution in [-0.4, -0.2) is 64.6 Å². The predicted octanol–water partition coefficient (Wildman–Crippen LogP) is 1.50. The first-order chi connectivity index (χ1) is 8.84. The molecule has 0 aromatic carbocycles. The lowest BCUT2D eigenvalue weighted by Crippen LogP contribution is -2.35. The summed E-state index contributed by atoms with van der Waals surface area (Å²) < 4.78 is 10.3. The molecule has 18 heavy (non-hydrogen) atoms. The number of rotatable bonds is 11. The van der Waals surface area contributed by atoms with Crippen LogP contribution in [0.25, 0.3) is 0 Å². The second-order valence-corrected chi connectivity index (χ2v) is 5.13. The average Bonchev–Trinajstić information content (AvgIpc) is 2.90. The van der Waals surface area contributed by atoms with Crippen LogP contribution in [0, 0.1) is 0 Å². The summed E-state index contributed by atoms with van der Waals surface area (Å²) in [6.07, 6.45) is 6.70. The highest BCUT2D eigenvalue weighted by atomic mass is 16.5. The Morgan fingerprint density at radius 1 is 1.11 bits per heavy atom. The van der Waals surface area contributed by atoms with Crippen molar-refractivity contribution in [1.29, 1.82) is 0 Å². The topological polar surface area (TPSA) is 33.7 Å². The molecular formula is C14H30N2O2. The number of nitrogens with one attached hydrogen (secondary N) is 1. The smallest absolute Gasteiger partial charge is 0.0700 e. The van der Waals surface area contributed by atoms with Gasteiger partial charge in [0, 0.05) is 32.8 Å². The van der Waals surface area contributed by atoms with Crippen LogP contribution in [-0.2, 0) is 9.47 Å². The van der Waals surface area contributed by atoms with E-state index in [0.29, 0.717) is 13.2 Å². The lowest BCUT2D eigenvalue weighted by molar-refractivity contribution is 0.0694. The molecule has 1 fully saturated rings. The zero-order valence-electron chi connectivity index (χ0n) is 12.1. The van der Waals surface area contributed by atoms with E-state index in [1.54, 1.807) is 7.11 Å². The van der Waals surface area contributed by atoms with Crippen LogP contribution in [0.1, 0.15) is 32.1 Å². The third-order valence-electron chi connectivity index (χ3n) is 3.66. The fraction of sp³-hybridized carbons (Fsp3) is 1.00. The summed E-state index contributed by atoms with van der Waals surface area (Å²) in [5.41, 5.74) is 0. The van der Waals surface area contributed by atoms with Crippen LogP contribution in [0.15, 0.2) is 0 Å². The molecule has 1 aliphatic carbocycles. The lowest BCUT2D eigenvalue weighted by atomic mass is 10.2. The van der Waals surface area contributed by atoms with Crippen molar-refractivity contribution in [3.05, 3.63) is 0 Å². The Morgan fingerprint density at radius 2 is 1.89 bits per heavy atom. The SMILES string of the molecule is COCCOCCCNCCN(C)C1CCCC1. The Hall–Kier alpha value is -0.160. The number of likely N-dealkylation sites (N-methyl/N-ethyl adjacent to an activating group) is 1. The minimum absolute atomic E-state index is 0.694. The van der Waals surface area contributed by atoms with E-state index in [1.165, 1.54) is 25.7 Å². The van der Waals surface area contributed by atoms with Gasteiger partial charge in [-0.1, -0.05) is 12.8 Å². The van der Waals surface area contributed by atoms with Gasteiger partial charge in [-0.25, -0.2) is 0 Å². The van der Waals surface area contributed by atoms with Crippen molar-refractivity contribution >= 4 is 0 Å². The maximum Gasteiger partial charge on any atom is 0.0700 e. The Bertz CT molecular complexity index is 185. The Kier molecular flexibility index (Phi) is 9.48. The van der Waals surface area contributed by atoms with Gasteiger partial charge in [-0.3, -0.25) is 0 Å². The van der Waals surface area contributed by atoms with Crippen LogP contribution < -0.4 is 5.32 Å². The number of methoxy groups -OCH3 is 1. The van der Waals surface area contributed by atoms with Crippen molar-refractivity contribution in [3.63, 3.8) is 0 Å². The number of nitrogens with zero attached hydrogens (tertiary/aromatic N) is 1. The summed E-state index contributed by atoms with van der Waals surface area (Å²) >= 11 is 0. The van der Waals surface area contributed by atoms with Crippen molar-refractivity contribution < 1.29 is 9.47 Å². The molecule has 1 rings (SSSR count). The van der Waals surface area contributed by atoms with Crippen molar-refractivity contribution in [2.24, 2.45) is 0 Å². The van der Waals surface area contributed by atoms with Crippen LogP contribution in [0.5, 0.6) is 0 Å². The van der Waals surface area contributed by atoms with E-state index in [9.17, 15) is 0 Å². The van der Waals surface area contributed by atoms with Gasteiger partial charge in [-0.2, -0.15) is 0 Å². The minimum atomic E-state index is 0.694. The van der Waals surface area contributed by atoms with E-state index in [0.717, 1.165) is 38.7 Å². The monoisotopic (exact) mass is 258 g/mol. The van der Waals surface area contributed by atoms with Crippen molar-refractivity contribution in [2.45, 2.75) is 38.1 Å². The van der Waals surface area contributed by atoms with Crippen LogP contribution >= 0.6 is 0 Å². The second-order valence-electron chi connectivity index (χ2n) is 5.13. The molecule has 0 radical (unpaired) electrons. The molecule has 0 aliphatic heterocycles. The third-order valence-corrected chi connectivity index (χ3v) is 3.66. The molecule has 0 spiro atoms. The molecule has 0 aromatic rings. The van der Waals surface area contributed by atoms with Gasteiger partial charge in [0.25, 0.3) is 0 Å². The van der Waals surface area contributed by atoms with Crippen molar-refractivity contribution in [2.75, 3.05) is 53.6 Å². The van der Waals surface area contributed by atoms with E-state index in [4.69, 9.17) is 9.47 Å². The highest BCUT2D eigenvalue weighted by Gasteiger charge is 2.18. The maximum absolute atomic E-state index is 5.41. The van der Waals surface area contributed by atoms with Gasteiger partial charge in [-0.15, -0.1) is 0 Å². The molecule has 4 nitrogen and oxygen atoms in total. The molecule has 0 bridgehead atoms. The second kappa shape index (κ2) is 10.7. The summed E-state index contributed by atoms with van der Waals surface area (Å²) in [5.74, 6) is 0. The Balaban J connectivity index is 1.80. The normalized spacial score (nSPS) is 16.8. The van der Waals surface area contributed by atoms with E-state index >= 15 is 0 Å². The standard InChI is InChI=1S/C14H30N2O2/c1-16(14-6-3-4-7-14)10-9-15-8-5-11-18-13-12-17-2/h14-15H,3-13H2,1-2H3. The van der Waals surface area contributed by atoms with E-state index < -0.39 is 0 Å². The van der Waals surface area contributed by atoms with Gasteiger partial charge < -0.3 is 19.7 Å². The molecule has 0 amide bonds. The molecule has 0 saturated heterocycles. The molecule has 1 aliphatic rings. The Morgan fingerprint density at radius 3 is 2.61 bits per heavy atom. The minimum Gasteiger partial charge on any atom is -0.382 e. The lowest BCUT2D eigenvalue weighted by Gasteiger charge is -2.23. The van der Waals surface area contributed by atoms with Gasteiger partial charge in [-0.05, 0) is 32.9 Å². The average molecular weight is 258 g/mol. The zero-order chi connectivity index (χ0) is 13.1. The molecule has 1 N–H and O–H groups in total. The summed E-state index contributed by atoms with van der Waals surface area (Å²) in [6, 6.07) is 0.837. The fourth-order valence-corrected chi connectivity index (χ4v) is 2.45. The van der Waals surface area contributed by atoms with E-state index in [-0.39, 0.29) is 0 Å². The highest BCUT2D eigenvalue weighted by Crippen LogP contribution is 2.21. The number of hydrogen-bond donors (Lipinski definition) is 1. The molecule has 0 atom stereocenters. The first-order valence-electron chi connectivity index (χ1n) is 7.32. The van der Waals surface area contributed by atoms with Crippen molar-refractivity contribution in [3.8, 4) is 0 Å². The van der Waals surface area contributed by atoms with E-state index in [2.05, 4.69) is 17.3 Å². The van der Waals surface area contributed by atoms with Crippen molar-refractivity contribution in [1.82, 2.24) is 10.2 Å². The molecule has 1 saturated carbocycles.